The molecule has 1 N–H and O–H groups in total. The van der Waals surface area contributed by atoms with Crippen LogP contribution in [0.2, 0.25) is 0 Å². The van der Waals surface area contributed by atoms with E-state index in [1.807, 2.05) is 18.2 Å². The Hall–Kier alpha value is -3.13. The van der Waals surface area contributed by atoms with Crippen LogP contribution in [-0.2, 0) is 26.0 Å². The Morgan fingerprint density at radius 1 is 1.07 bits per heavy atom. The van der Waals surface area contributed by atoms with Crippen molar-refractivity contribution in [3.05, 3.63) is 66.6 Å². The minimum absolute atomic E-state index is 0.00825. The molecule has 0 atom stereocenters. The molecule has 0 unspecified atom stereocenters. The van der Waals surface area contributed by atoms with Crippen LogP contribution in [0.3, 0.4) is 0 Å². The van der Waals surface area contributed by atoms with Gasteiger partial charge in [0, 0.05) is 12.0 Å². The van der Waals surface area contributed by atoms with E-state index in [0.717, 1.165) is 0 Å². The van der Waals surface area contributed by atoms with Gasteiger partial charge >= 0.3 is 5.97 Å². The molecule has 7 nitrogen and oxygen atoms in total. The second kappa shape index (κ2) is 8.71. The van der Waals surface area contributed by atoms with Gasteiger partial charge in [0.25, 0.3) is 10.0 Å². The third-order valence-corrected chi connectivity index (χ3v) is 5.19. The largest absolute Gasteiger partial charge is 0.466 e. The van der Waals surface area contributed by atoms with Crippen LogP contribution in [0.1, 0.15) is 19.2 Å². The number of nitrogens with zero attached hydrogens (tertiary/aromatic N) is 1. The Morgan fingerprint density at radius 3 is 2.36 bits per heavy atom. The summed E-state index contributed by atoms with van der Waals surface area (Å²) in [4.78, 5) is 16.1. The number of esters is 1. The normalized spacial score (nSPS) is 11.2. The molecule has 0 aliphatic carbocycles. The predicted octanol–water partition coefficient (Wildman–Crippen LogP) is 3.64. The number of benzene rings is 2. The number of carbonyl (C=O) groups is 1. The maximum Gasteiger partial charge on any atom is 0.306 e. The van der Waals surface area contributed by atoms with Crippen molar-refractivity contribution in [2.45, 2.75) is 24.7 Å². The molecule has 0 spiro atoms. The van der Waals surface area contributed by atoms with Crippen LogP contribution < -0.4 is 4.72 Å². The van der Waals surface area contributed by atoms with E-state index in [2.05, 4.69) is 9.71 Å². The van der Waals surface area contributed by atoms with Gasteiger partial charge in [-0.15, -0.1) is 0 Å². The Balaban J connectivity index is 1.91. The lowest BCUT2D eigenvalue weighted by Crippen LogP contribution is -2.12. The second-order valence-corrected chi connectivity index (χ2v) is 7.56. The molecule has 0 amide bonds. The van der Waals surface area contributed by atoms with Crippen LogP contribution in [-0.4, -0.2) is 26.0 Å². The zero-order valence-electron chi connectivity index (χ0n) is 15.3. The zero-order valence-corrected chi connectivity index (χ0v) is 16.1. The van der Waals surface area contributed by atoms with Crippen molar-refractivity contribution in [2.75, 3.05) is 11.3 Å². The highest BCUT2D eigenvalue weighted by atomic mass is 32.2. The van der Waals surface area contributed by atoms with Crippen LogP contribution >= 0.6 is 0 Å². The number of aromatic nitrogens is 1. The fourth-order valence-corrected chi connectivity index (χ4v) is 3.57. The third kappa shape index (κ3) is 4.77. The summed E-state index contributed by atoms with van der Waals surface area (Å²) >= 11 is 0. The highest BCUT2D eigenvalue weighted by Gasteiger charge is 2.22. The Bertz CT molecular complexity index is 1030. The smallest absolute Gasteiger partial charge is 0.306 e. The van der Waals surface area contributed by atoms with Gasteiger partial charge in [0.2, 0.25) is 5.88 Å². The lowest BCUT2D eigenvalue weighted by molar-refractivity contribution is -0.143. The average Bonchev–Trinajstić information content (AvgIpc) is 3.10. The first kappa shape index (κ1) is 19.6. The number of nitrogens with one attached hydrogen (secondary N) is 1. The average molecular weight is 400 g/mol. The number of hydrogen-bond acceptors (Lipinski definition) is 6. The summed E-state index contributed by atoms with van der Waals surface area (Å²) < 4.78 is 38.4. The summed E-state index contributed by atoms with van der Waals surface area (Å²) in [7, 11) is -3.85. The van der Waals surface area contributed by atoms with E-state index in [9.17, 15) is 13.2 Å². The van der Waals surface area contributed by atoms with Gasteiger partial charge in [-0.1, -0.05) is 48.5 Å². The van der Waals surface area contributed by atoms with E-state index in [0.29, 0.717) is 17.9 Å². The molecule has 0 bridgehead atoms. The first-order valence-electron chi connectivity index (χ1n) is 8.78. The number of ether oxygens (including phenoxy) is 1. The molecule has 146 valence electrons. The van der Waals surface area contributed by atoms with E-state index in [4.69, 9.17) is 9.15 Å². The molecule has 2 aromatic carbocycles. The topological polar surface area (TPSA) is 98.5 Å². The van der Waals surface area contributed by atoms with Gasteiger partial charge in [-0.2, -0.15) is 0 Å². The van der Waals surface area contributed by atoms with Crippen molar-refractivity contribution in [2.24, 2.45) is 0 Å². The fraction of sp³-hybridized carbons (Fsp3) is 0.200. The number of hydrogen-bond donors (Lipinski definition) is 1. The molecule has 0 aliphatic rings. The predicted molar refractivity (Wildman–Crippen MR) is 104 cm³/mol. The van der Waals surface area contributed by atoms with Gasteiger partial charge in [0.05, 0.1) is 17.9 Å². The van der Waals surface area contributed by atoms with E-state index in [1.54, 1.807) is 37.3 Å². The number of oxazole rings is 1. The molecule has 3 aromatic rings. The van der Waals surface area contributed by atoms with Crippen molar-refractivity contribution >= 4 is 21.9 Å². The molecule has 28 heavy (non-hydrogen) atoms. The quantitative estimate of drug-likeness (QED) is 0.580. The van der Waals surface area contributed by atoms with Gasteiger partial charge in [0.1, 0.15) is 5.69 Å². The first-order valence-corrected chi connectivity index (χ1v) is 10.3. The van der Waals surface area contributed by atoms with Crippen LogP contribution in [0.5, 0.6) is 0 Å². The minimum Gasteiger partial charge on any atom is -0.466 e. The SMILES string of the molecule is CCOC(=O)CCc1nc(-c2ccccc2)c(NS(=O)(=O)c2ccccc2)o1. The summed E-state index contributed by atoms with van der Waals surface area (Å²) in [6.07, 6.45) is 0.291. The van der Waals surface area contributed by atoms with E-state index in [1.165, 1.54) is 12.1 Å². The molecule has 0 saturated carbocycles. The summed E-state index contributed by atoms with van der Waals surface area (Å²) in [5.74, 6) is -0.111. The summed E-state index contributed by atoms with van der Waals surface area (Å²) in [6.45, 7) is 2.02. The summed E-state index contributed by atoms with van der Waals surface area (Å²) in [6, 6.07) is 17.1. The van der Waals surface area contributed by atoms with Gasteiger partial charge in [-0.3, -0.25) is 4.79 Å². The van der Waals surface area contributed by atoms with E-state index < -0.39 is 10.0 Å². The molecule has 0 saturated heterocycles. The summed E-state index contributed by atoms with van der Waals surface area (Å²) in [5.41, 5.74) is 1.05. The van der Waals surface area contributed by atoms with Crippen LogP contribution in [0, 0.1) is 0 Å². The highest BCUT2D eigenvalue weighted by Crippen LogP contribution is 2.30. The van der Waals surface area contributed by atoms with E-state index >= 15 is 0 Å². The lowest BCUT2D eigenvalue weighted by atomic mass is 10.2. The number of rotatable bonds is 8. The van der Waals surface area contributed by atoms with Crippen molar-refractivity contribution in [1.82, 2.24) is 4.98 Å². The van der Waals surface area contributed by atoms with Gasteiger partial charge in [-0.05, 0) is 19.1 Å². The van der Waals surface area contributed by atoms with Gasteiger partial charge in [-0.25, -0.2) is 18.1 Å². The number of sulfonamides is 1. The molecule has 8 heteroatoms. The maximum atomic E-state index is 12.7. The van der Waals surface area contributed by atoms with Crippen molar-refractivity contribution in [1.29, 1.82) is 0 Å². The van der Waals surface area contributed by atoms with Crippen LogP contribution in [0.15, 0.2) is 70.0 Å². The molecule has 3 rings (SSSR count). The zero-order chi connectivity index (χ0) is 20.0. The molecule has 0 aliphatic heterocycles. The van der Waals surface area contributed by atoms with Crippen LogP contribution in [0.25, 0.3) is 11.3 Å². The lowest BCUT2D eigenvalue weighted by Gasteiger charge is -2.06. The molecule has 1 aromatic heterocycles. The summed E-state index contributed by atoms with van der Waals surface area (Å²) in [5, 5.41) is 0. The van der Waals surface area contributed by atoms with Gasteiger partial charge < -0.3 is 9.15 Å². The number of aryl methyl sites for hydroxylation is 1. The molecular weight excluding hydrogens is 380 g/mol. The third-order valence-electron chi connectivity index (χ3n) is 3.85. The monoisotopic (exact) mass is 400 g/mol. The van der Waals surface area contributed by atoms with E-state index in [-0.39, 0.29) is 35.5 Å². The Kier molecular flexibility index (Phi) is 6.10. The first-order chi connectivity index (χ1) is 13.5. The Morgan fingerprint density at radius 2 is 1.71 bits per heavy atom. The van der Waals surface area contributed by atoms with Crippen molar-refractivity contribution in [3.8, 4) is 11.3 Å². The van der Waals surface area contributed by atoms with Gasteiger partial charge in [0.15, 0.2) is 5.89 Å². The second-order valence-electron chi connectivity index (χ2n) is 5.87. The van der Waals surface area contributed by atoms with Crippen molar-refractivity contribution < 1.29 is 22.4 Å². The molecule has 0 fully saturated rings. The highest BCUT2D eigenvalue weighted by molar-refractivity contribution is 7.92. The number of anilines is 1. The minimum atomic E-state index is -3.85. The molecular formula is C20H20N2O5S. The van der Waals surface area contributed by atoms with Crippen LogP contribution in [0.4, 0.5) is 5.88 Å². The number of carbonyl (C=O) groups excluding carboxylic acids is 1. The molecule has 1 heterocycles. The maximum absolute atomic E-state index is 12.7. The molecule has 0 radical (unpaired) electrons. The Labute approximate surface area is 163 Å². The fourth-order valence-electron chi connectivity index (χ4n) is 2.55. The standard InChI is InChI=1S/C20H20N2O5S/c1-2-26-18(23)14-13-17-21-19(15-9-5-3-6-10-15)20(27-17)22-28(24,25)16-11-7-4-8-12-16/h3-12,22H,2,13-14H2,1H3. The van der Waals surface area contributed by atoms with Crippen molar-refractivity contribution in [3.63, 3.8) is 0 Å².